The molecule has 0 bridgehead atoms. The molecule has 0 aliphatic rings. The molecule has 16 heavy (non-hydrogen) atoms. The van der Waals surface area contributed by atoms with E-state index in [1.54, 1.807) is 19.2 Å². The average molecular weight is 223 g/mol. The number of carbonyl (C=O) groups is 1. The first-order valence-corrected chi connectivity index (χ1v) is 5.08. The van der Waals surface area contributed by atoms with E-state index < -0.39 is 0 Å². The number of para-hydroxylation sites is 2. The molecule has 0 spiro atoms. The lowest BCUT2D eigenvalue weighted by atomic mass is 10.3. The van der Waals surface area contributed by atoms with E-state index >= 15 is 0 Å². The maximum absolute atomic E-state index is 11.5. The summed E-state index contributed by atoms with van der Waals surface area (Å²) in [6.07, 6.45) is 0. The van der Waals surface area contributed by atoms with Gasteiger partial charge in [-0.2, -0.15) is 0 Å². The minimum atomic E-state index is -0.289. The highest BCUT2D eigenvalue weighted by Gasteiger charge is 2.08. The normalized spacial score (nSPS) is 11.7. The molecular formula is C11H17N3O2. The van der Waals surface area contributed by atoms with Crippen molar-refractivity contribution in [2.45, 2.75) is 13.0 Å². The van der Waals surface area contributed by atoms with Crippen LogP contribution < -0.4 is 21.1 Å². The predicted octanol–water partition coefficient (Wildman–Crippen LogP) is 1.16. The highest BCUT2D eigenvalue weighted by Crippen LogP contribution is 2.22. The molecule has 5 nitrogen and oxygen atoms in total. The van der Waals surface area contributed by atoms with E-state index in [-0.39, 0.29) is 12.1 Å². The van der Waals surface area contributed by atoms with Gasteiger partial charge in [0.2, 0.25) is 0 Å². The number of nitrogens with two attached hydrogens (primary N) is 1. The minimum Gasteiger partial charge on any atom is -0.495 e. The van der Waals surface area contributed by atoms with E-state index in [4.69, 9.17) is 10.5 Å². The van der Waals surface area contributed by atoms with E-state index in [1.807, 2.05) is 19.1 Å². The van der Waals surface area contributed by atoms with Gasteiger partial charge in [-0.15, -0.1) is 0 Å². The van der Waals surface area contributed by atoms with Gasteiger partial charge in [-0.1, -0.05) is 12.1 Å². The fraction of sp³-hybridized carbons (Fsp3) is 0.364. The molecule has 0 aliphatic heterocycles. The van der Waals surface area contributed by atoms with Gasteiger partial charge < -0.3 is 21.1 Å². The number of carbonyl (C=O) groups excluding carboxylic acids is 1. The number of rotatable bonds is 4. The average Bonchev–Trinajstić information content (AvgIpc) is 2.29. The molecule has 0 radical (unpaired) electrons. The van der Waals surface area contributed by atoms with Crippen LogP contribution >= 0.6 is 0 Å². The number of hydrogen-bond acceptors (Lipinski definition) is 3. The summed E-state index contributed by atoms with van der Waals surface area (Å²) in [6, 6.07) is 6.86. The van der Waals surface area contributed by atoms with Gasteiger partial charge in [0.1, 0.15) is 5.75 Å². The van der Waals surface area contributed by atoms with Crippen LogP contribution in [0.5, 0.6) is 5.75 Å². The van der Waals surface area contributed by atoms with Crippen LogP contribution in [-0.4, -0.2) is 25.7 Å². The van der Waals surface area contributed by atoms with Gasteiger partial charge in [0.15, 0.2) is 0 Å². The maximum atomic E-state index is 11.5. The van der Waals surface area contributed by atoms with Crippen molar-refractivity contribution in [3.8, 4) is 5.75 Å². The first-order chi connectivity index (χ1) is 7.67. The van der Waals surface area contributed by atoms with Crippen molar-refractivity contribution in [3.05, 3.63) is 24.3 Å². The molecule has 88 valence electrons. The van der Waals surface area contributed by atoms with Crippen LogP contribution in [0.3, 0.4) is 0 Å². The Bertz CT molecular complexity index is 355. The van der Waals surface area contributed by atoms with Gasteiger partial charge in [-0.05, 0) is 19.1 Å². The fourth-order valence-corrected chi connectivity index (χ4v) is 1.19. The smallest absolute Gasteiger partial charge is 0.319 e. The Morgan fingerprint density at radius 1 is 1.50 bits per heavy atom. The second-order valence-corrected chi connectivity index (χ2v) is 3.44. The largest absolute Gasteiger partial charge is 0.495 e. The van der Waals surface area contributed by atoms with Crippen molar-refractivity contribution in [2.24, 2.45) is 5.73 Å². The number of anilines is 1. The number of benzene rings is 1. The fourth-order valence-electron chi connectivity index (χ4n) is 1.19. The molecular weight excluding hydrogens is 206 g/mol. The van der Waals surface area contributed by atoms with Crippen LogP contribution in [0.15, 0.2) is 24.3 Å². The highest BCUT2D eigenvalue weighted by atomic mass is 16.5. The zero-order valence-corrected chi connectivity index (χ0v) is 9.49. The number of ether oxygens (including phenoxy) is 1. The molecule has 2 amide bonds. The van der Waals surface area contributed by atoms with Crippen molar-refractivity contribution in [1.29, 1.82) is 0 Å². The number of methoxy groups -OCH3 is 1. The van der Waals surface area contributed by atoms with Gasteiger partial charge in [-0.3, -0.25) is 0 Å². The Hall–Kier alpha value is -1.75. The summed E-state index contributed by atoms with van der Waals surface area (Å²) < 4.78 is 5.11. The minimum absolute atomic E-state index is 0.0605. The lowest BCUT2D eigenvalue weighted by molar-refractivity contribution is 0.249. The molecule has 1 unspecified atom stereocenters. The first-order valence-electron chi connectivity index (χ1n) is 5.08. The number of urea groups is 1. The molecule has 0 aromatic heterocycles. The zero-order chi connectivity index (χ0) is 12.0. The van der Waals surface area contributed by atoms with E-state index in [2.05, 4.69) is 10.6 Å². The molecule has 5 heteroatoms. The number of nitrogens with one attached hydrogen (secondary N) is 2. The van der Waals surface area contributed by atoms with E-state index in [0.717, 1.165) is 0 Å². The predicted molar refractivity (Wildman–Crippen MR) is 63.7 cm³/mol. The summed E-state index contributed by atoms with van der Waals surface area (Å²) in [7, 11) is 1.56. The van der Waals surface area contributed by atoms with Crippen molar-refractivity contribution in [2.75, 3.05) is 19.0 Å². The van der Waals surface area contributed by atoms with Crippen LogP contribution in [0.1, 0.15) is 6.92 Å². The molecule has 0 saturated carbocycles. The van der Waals surface area contributed by atoms with Crippen molar-refractivity contribution in [3.63, 3.8) is 0 Å². The van der Waals surface area contributed by atoms with E-state index in [0.29, 0.717) is 18.0 Å². The Kier molecular flexibility index (Phi) is 4.60. The Morgan fingerprint density at radius 3 is 2.81 bits per heavy atom. The maximum Gasteiger partial charge on any atom is 0.319 e. The van der Waals surface area contributed by atoms with E-state index in [9.17, 15) is 4.79 Å². The van der Waals surface area contributed by atoms with Gasteiger partial charge in [0.25, 0.3) is 0 Å². The monoisotopic (exact) mass is 223 g/mol. The SMILES string of the molecule is COc1ccccc1NC(=O)NC(C)CN. The summed E-state index contributed by atoms with van der Waals surface area (Å²) in [5.41, 5.74) is 6.03. The Balaban J connectivity index is 2.62. The van der Waals surface area contributed by atoms with Gasteiger partial charge in [0.05, 0.1) is 12.8 Å². The van der Waals surface area contributed by atoms with Crippen LogP contribution in [0.2, 0.25) is 0 Å². The van der Waals surface area contributed by atoms with Crippen LogP contribution in [0.25, 0.3) is 0 Å². The molecule has 1 aromatic rings. The van der Waals surface area contributed by atoms with Crippen LogP contribution in [0, 0.1) is 0 Å². The lowest BCUT2D eigenvalue weighted by Crippen LogP contribution is -2.40. The molecule has 1 aromatic carbocycles. The molecule has 0 fully saturated rings. The summed E-state index contributed by atoms with van der Waals surface area (Å²) in [4.78, 5) is 11.5. The van der Waals surface area contributed by atoms with Crippen molar-refractivity contribution in [1.82, 2.24) is 5.32 Å². The summed E-state index contributed by atoms with van der Waals surface area (Å²) in [6.45, 7) is 2.24. The van der Waals surface area contributed by atoms with Gasteiger partial charge in [0, 0.05) is 12.6 Å². The van der Waals surface area contributed by atoms with Crippen LogP contribution in [-0.2, 0) is 0 Å². The summed E-state index contributed by atoms with van der Waals surface area (Å²) in [5.74, 6) is 0.623. The Labute approximate surface area is 95.0 Å². The van der Waals surface area contributed by atoms with Crippen LogP contribution in [0.4, 0.5) is 10.5 Å². The summed E-state index contributed by atoms with van der Waals surface area (Å²) in [5, 5.41) is 5.39. The summed E-state index contributed by atoms with van der Waals surface area (Å²) >= 11 is 0. The zero-order valence-electron chi connectivity index (χ0n) is 9.49. The standard InChI is InChI=1S/C11H17N3O2/c1-8(7-12)13-11(15)14-9-5-3-4-6-10(9)16-2/h3-6,8H,7,12H2,1-2H3,(H2,13,14,15). The molecule has 0 heterocycles. The molecule has 0 saturated heterocycles. The second-order valence-electron chi connectivity index (χ2n) is 3.44. The number of amides is 2. The van der Waals surface area contributed by atoms with E-state index in [1.165, 1.54) is 0 Å². The topological polar surface area (TPSA) is 76.4 Å². The molecule has 0 aliphatic carbocycles. The Morgan fingerprint density at radius 2 is 2.19 bits per heavy atom. The third-order valence-corrected chi connectivity index (χ3v) is 2.09. The lowest BCUT2D eigenvalue weighted by Gasteiger charge is -2.14. The third-order valence-electron chi connectivity index (χ3n) is 2.09. The molecule has 1 rings (SSSR count). The quantitative estimate of drug-likeness (QED) is 0.717. The molecule has 4 N–H and O–H groups in total. The number of hydrogen-bond donors (Lipinski definition) is 3. The molecule has 1 atom stereocenters. The van der Waals surface area contributed by atoms with Crippen molar-refractivity contribution < 1.29 is 9.53 Å². The van der Waals surface area contributed by atoms with Crippen molar-refractivity contribution >= 4 is 11.7 Å². The third kappa shape index (κ3) is 3.43. The van der Waals surface area contributed by atoms with Gasteiger partial charge in [-0.25, -0.2) is 4.79 Å². The second kappa shape index (κ2) is 5.97. The highest BCUT2D eigenvalue weighted by molar-refractivity contribution is 5.91. The van der Waals surface area contributed by atoms with Gasteiger partial charge >= 0.3 is 6.03 Å². The first kappa shape index (κ1) is 12.3.